The molecule has 6 heteroatoms. The molecule has 1 N–H and O–H groups in total. The van der Waals surface area contributed by atoms with Gasteiger partial charge in [-0.2, -0.15) is 0 Å². The Kier molecular flexibility index (Phi) is 4.85. The van der Waals surface area contributed by atoms with Crippen LogP contribution in [0.15, 0.2) is 40.2 Å². The second-order valence-electron chi connectivity index (χ2n) is 3.96. The molecule has 1 aromatic carbocycles. The summed E-state index contributed by atoms with van der Waals surface area (Å²) in [5.74, 6) is -0.856. The molecule has 1 heterocycles. The largest absolute Gasteiger partial charge is 0.480 e. The molecule has 0 aliphatic rings. The lowest BCUT2D eigenvalue weighted by atomic mass is 10.2. The van der Waals surface area contributed by atoms with E-state index in [4.69, 9.17) is 16.7 Å². The van der Waals surface area contributed by atoms with Gasteiger partial charge in [0.15, 0.2) is 0 Å². The van der Waals surface area contributed by atoms with Crippen LogP contribution < -0.4 is 4.90 Å². The SMILES string of the molecule is O=C(O)CN(Cc1cc(Br)cs1)c1ccc(Cl)cc1. The molecule has 0 atom stereocenters. The van der Waals surface area contributed by atoms with Gasteiger partial charge in [0.1, 0.15) is 6.54 Å². The van der Waals surface area contributed by atoms with Crippen molar-refractivity contribution in [3.8, 4) is 0 Å². The Balaban J connectivity index is 2.20. The van der Waals surface area contributed by atoms with Crippen molar-refractivity contribution in [2.75, 3.05) is 11.4 Å². The maximum Gasteiger partial charge on any atom is 0.323 e. The molecular formula is C13H11BrClNO2S. The number of thiophene rings is 1. The summed E-state index contributed by atoms with van der Waals surface area (Å²) in [6.07, 6.45) is 0. The van der Waals surface area contributed by atoms with Crippen LogP contribution in [0.3, 0.4) is 0 Å². The van der Waals surface area contributed by atoms with Gasteiger partial charge in [-0.05, 0) is 46.3 Å². The zero-order chi connectivity index (χ0) is 13.8. The van der Waals surface area contributed by atoms with Crippen LogP contribution in [-0.2, 0) is 11.3 Å². The van der Waals surface area contributed by atoms with Gasteiger partial charge in [0.25, 0.3) is 0 Å². The second kappa shape index (κ2) is 6.41. The highest BCUT2D eigenvalue weighted by Crippen LogP contribution is 2.24. The number of rotatable bonds is 5. The minimum atomic E-state index is -0.856. The van der Waals surface area contributed by atoms with Gasteiger partial charge in [0, 0.05) is 25.4 Å². The maximum absolute atomic E-state index is 11.0. The molecule has 0 unspecified atom stereocenters. The number of hydrogen-bond acceptors (Lipinski definition) is 3. The normalized spacial score (nSPS) is 10.4. The summed E-state index contributed by atoms with van der Waals surface area (Å²) < 4.78 is 1.01. The van der Waals surface area contributed by atoms with E-state index in [0.29, 0.717) is 11.6 Å². The highest BCUT2D eigenvalue weighted by Gasteiger charge is 2.12. The standard InChI is InChI=1S/C13H11BrClNO2S/c14-9-5-12(19-8-9)6-16(7-13(17)18)11-3-1-10(15)2-4-11/h1-5,8H,6-7H2,(H,17,18). The first kappa shape index (κ1) is 14.4. The fourth-order valence-corrected chi connectivity index (χ4v) is 3.27. The summed E-state index contributed by atoms with van der Waals surface area (Å²) in [5, 5.41) is 11.6. The zero-order valence-corrected chi connectivity index (χ0v) is 13.0. The van der Waals surface area contributed by atoms with E-state index in [1.54, 1.807) is 28.4 Å². The number of aliphatic carboxylic acids is 1. The quantitative estimate of drug-likeness (QED) is 0.866. The molecule has 0 amide bonds. The van der Waals surface area contributed by atoms with Gasteiger partial charge in [0.05, 0.1) is 6.54 Å². The van der Waals surface area contributed by atoms with Crippen LogP contribution in [0, 0.1) is 0 Å². The fourth-order valence-electron chi connectivity index (χ4n) is 1.68. The number of carboxylic acids is 1. The lowest BCUT2D eigenvalue weighted by molar-refractivity contribution is -0.135. The Bertz CT molecular complexity index is 570. The van der Waals surface area contributed by atoms with E-state index in [0.717, 1.165) is 15.0 Å². The lowest BCUT2D eigenvalue weighted by Crippen LogP contribution is -2.28. The summed E-state index contributed by atoms with van der Waals surface area (Å²) in [5.41, 5.74) is 0.844. The minimum Gasteiger partial charge on any atom is -0.480 e. The molecule has 3 nitrogen and oxygen atoms in total. The molecular weight excluding hydrogens is 350 g/mol. The van der Waals surface area contributed by atoms with E-state index < -0.39 is 5.97 Å². The van der Waals surface area contributed by atoms with Crippen molar-refractivity contribution >= 4 is 50.5 Å². The molecule has 0 saturated heterocycles. The molecule has 0 bridgehead atoms. The van der Waals surface area contributed by atoms with Crippen LogP contribution >= 0.6 is 38.9 Å². The molecule has 0 saturated carbocycles. The first-order valence-corrected chi connectivity index (χ1v) is 7.55. The van der Waals surface area contributed by atoms with Crippen LogP contribution in [0.2, 0.25) is 5.02 Å². The molecule has 19 heavy (non-hydrogen) atoms. The number of anilines is 1. The minimum absolute atomic E-state index is 0.0445. The van der Waals surface area contributed by atoms with Gasteiger partial charge in [-0.15, -0.1) is 11.3 Å². The summed E-state index contributed by atoms with van der Waals surface area (Å²) in [4.78, 5) is 13.9. The third-order valence-corrected chi connectivity index (χ3v) is 4.42. The van der Waals surface area contributed by atoms with Crippen LogP contribution in [0.25, 0.3) is 0 Å². The van der Waals surface area contributed by atoms with E-state index >= 15 is 0 Å². The molecule has 100 valence electrons. The highest BCUT2D eigenvalue weighted by atomic mass is 79.9. The van der Waals surface area contributed by atoms with Crippen molar-refractivity contribution in [2.24, 2.45) is 0 Å². The number of carbonyl (C=O) groups is 1. The monoisotopic (exact) mass is 359 g/mol. The third kappa shape index (κ3) is 4.23. The van der Waals surface area contributed by atoms with E-state index in [-0.39, 0.29) is 6.54 Å². The molecule has 0 aliphatic heterocycles. The number of benzene rings is 1. The van der Waals surface area contributed by atoms with Crippen molar-refractivity contribution in [1.82, 2.24) is 0 Å². The molecule has 0 spiro atoms. The summed E-state index contributed by atoms with van der Waals surface area (Å²) >= 11 is 10.8. The van der Waals surface area contributed by atoms with Gasteiger partial charge in [-0.3, -0.25) is 4.79 Å². The van der Waals surface area contributed by atoms with Crippen molar-refractivity contribution in [3.05, 3.63) is 50.1 Å². The van der Waals surface area contributed by atoms with Gasteiger partial charge < -0.3 is 10.0 Å². The van der Waals surface area contributed by atoms with E-state index in [1.807, 2.05) is 23.6 Å². The van der Waals surface area contributed by atoms with Crippen LogP contribution in [0.4, 0.5) is 5.69 Å². The second-order valence-corrected chi connectivity index (χ2v) is 6.31. The number of halogens is 2. The van der Waals surface area contributed by atoms with Gasteiger partial charge in [-0.1, -0.05) is 11.6 Å². The molecule has 0 fully saturated rings. The summed E-state index contributed by atoms with van der Waals surface area (Å²) in [7, 11) is 0. The Morgan fingerprint density at radius 3 is 2.58 bits per heavy atom. The molecule has 0 radical (unpaired) electrons. The third-order valence-electron chi connectivity index (χ3n) is 2.49. The van der Waals surface area contributed by atoms with Gasteiger partial charge >= 0.3 is 5.97 Å². The lowest BCUT2D eigenvalue weighted by Gasteiger charge is -2.22. The average Bonchev–Trinajstić information content (AvgIpc) is 2.74. The van der Waals surface area contributed by atoms with Crippen molar-refractivity contribution in [3.63, 3.8) is 0 Å². The molecule has 0 aliphatic carbocycles. The van der Waals surface area contributed by atoms with E-state index in [9.17, 15) is 4.79 Å². The van der Waals surface area contributed by atoms with Crippen molar-refractivity contribution in [1.29, 1.82) is 0 Å². The number of hydrogen-bond donors (Lipinski definition) is 1. The van der Waals surface area contributed by atoms with Crippen LogP contribution in [-0.4, -0.2) is 17.6 Å². The molecule has 1 aromatic heterocycles. The molecule has 2 rings (SSSR count). The summed E-state index contributed by atoms with van der Waals surface area (Å²) in [6, 6.07) is 9.17. The maximum atomic E-state index is 11.0. The fraction of sp³-hybridized carbons (Fsp3) is 0.154. The Morgan fingerprint density at radius 2 is 2.05 bits per heavy atom. The van der Waals surface area contributed by atoms with E-state index in [1.165, 1.54) is 0 Å². The van der Waals surface area contributed by atoms with Crippen LogP contribution in [0.5, 0.6) is 0 Å². The predicted octanol–water partition coefficient (Wildman–Crippen LogP) is 4.26. The highest BCUT2D eigenvalue weighted by molar-refractivity contribution is 9.10. The Morgan fingerprint density at radius 1 is 1.37 bits per heavy atom. The smallest absolute Gasteiger partial charge is 0.323 e. The van der Waals surface area contributed by atoms with Crippen molar-refractivity contribution < 1.29 is 9.90 Å². The topological polar surface area (TPSA) is 40.5 Å². The Labute approximate surface area is 128 Å². The average molecular weight is 361 g/mol. The van der Waals surface area contributed by atoms with Gasteiger partial charge in [0.2, 0.25) is 0 Å². The first-order valence-electron chi connectivity index (χ1n) is 5.50. The predicted molar refractivity (Wildman–Crippen MR) is 82.2 cm³/mol. The zero-order valence-electron chi connectivity index (χ0n) is 9.85. The van der Waals surface area contributed by atoms with E-state index in [2.05, 4.69) is 15.9 Å². The Hall–Kier alpha value is -1.04. The summed E-state index contributed by atoms with van der Waals surface area (Å²) in [6.45, 7) is 0.515. The number of carboxylic acid groups (broad SMARTS) is 1. The van der Waals surface area contributed by atoms with Crippen LogP contribution in [0.1, 0.15) is 4.88 Å². The van der Waals surface area contributed by atoms with Gasteiger partial charge in [-0.25, -0.2) is 0 Å². The first-order chi connectivity index (χ1) is 9.04. The number of nitrogens with zero attached hydrogens (tertiary/aromatic N) is 1. The molecule has 2 aromatic rings. The van der Waals surface area contributed by atoms with Crippen molar-refractivity contribution in [2.45, 2.75) is 6.54 Å².